The summed E-state index contributed by atoms with van der Waals surface area (Å²) in [6.45, 7) is 6.90. The van der Waals surface area contributed by atoms with Crippen LogP contribution in [0.15, 0.2) is 77.7 Å². The zero-order valence-electron chi connectivity index (χ0n) is 23.5. The maximum Gasteiger partial charge on any atom is 0.264 e. The molecule has 2 amide bonds. The van der Waals surface area contributed by atoms with E-state index in [1.807, 2.05) is 20.8 Å². The summed E-state index contributed by atoms with van der Waals surface area (Å²) < 4.78 is 47.8. The first-order chi connectivity index (χ1) is 19.5. The number of ether oxygens (including phenoxy) is 1. The summed E-state index contributed by atoms with van der Waals surface area (Å²) in [6, 6.07) is 16.4. The Labute approximate surface area is 246 Å². The van der Waals surface area contributed by atoms with Gasteiger partial charge in [-0.15, -0.1) is 0 Å². The summed E-state index contributed by atoms with van der Waals surface area (Å²) in [5.74, 6) is -1.10. The molecule has 0 saturated heterocycles. The molecule has 11 heteroatoms. The molecule has 8 nitrogen and oxygen atoms in total. The number of amides is 2. The fourth-order valence-corrected chi connectivity index (χ4v) is 5.61. The van der Waals surface area contributed by atoms with E-state index in [1.54, 1.807) is 31.2 Å². The van der Waals surface area contributed by atoms with Gasteiger partial charge >= 0.3 is 0 Å². The van der Waals surface area contributed by atoms with Crippen molar-refractivity contribution in [2.24, 2.45) is 0 Å². The first-order valence-electron chi connectivity index (χ1n) is 13.3. The van der Waals surface area contributed by atoms with Crippen molar-refractivity contribution in [3.8, 4) is 5.75 Å². The van der Waals surface area contributed by atoms with Crippen molar-refractivity contribution in [3.05, 3.63) is 89.2 Å². The highest BCUT2D eigenvalue weighted by molar-refractivity contribution is 7.92. The van der Waals surface area contributed by atoms with E-state index in [9.17, 15) is 22.4 Å². The third kappa shape index (κ3) is 8.20. The zero-order chi connectivity index (χ0) is 30.2. The van der Waals surface area contributed by atoms with Crippen LogP contribution in [0.5, 0.6) is 5.75 Å². The highest BCUT2D eigenvalue weighted by atomic mass is 35.5. The molecule has 3 aromatic rings. The third-order valence-electron chi connectivity index (χ3n) is 6.58. The molecule has 0 aliphatic heterocycles. The fourth-order valence-electron chi connectivity index (χ4n) is 4.00. The molecule has 0 fully saturated rings. The lowest BCUT2D eigenvalue weighted by molar-refractivity contribution is -0.139. The number of carbonyl (C=O) groups excluding carboxylic acids is 2. The van der Waals surface area contributed by atoms with Gasteiger partial charge in [-0.2, -0.15) is 0 Å². The monoisotopic (exact) mass is 603 g/mol. The van der Waals surface area contributed by atoms with Gasteiger partial charge in [-0.3, -0.25) is 13.9 Å². The van der Waals surface area contributed by atoms with Crippen LogP contribution in [0.1, 0.15) is 39.7 Å². The molecule has 0 aliphatic rings. The zero-order valence-corrected chi connectivity index (χ0v) is 25.1. The molecular weight excluding hydrogens is 569 g/mol. The number of halogens is 2. The average molecular weight is 604 g/mol. The number of rotatable bonds is 13. The third-order valence-corrected chi connectivity index (χ3v) is 8.74. The molecule has 3 aromatic carbocycles. The van der Waals surface area contributed by atoms with Crippen molar-refractivity contribution < 1.29 is 27.1 Å². The Morgan fingerprint density at radius 1 is 0.976 bits per heavy atom. The lowest BCUT2D eigenvalue weighted by Gasteiger charge is -2.32. The van der Waals surface area contributed by atoms with Crippen LogP contribution in [0.3, 0.4) is 0 Å². The summed E-state index contributed by atoms with van der Waals surface area (Å²) >= 11 is 6.38. The van der Waals surface area contributed by atoms with Crippen LogP contribution in [-0.4, -0.2) is 50.4 Å². The maximum atomic E-state index is 13.9. The average Bonchev–Trinajstić information content (AvgIpc) is 2.96. The van der Waals surface area contributed by atoms with Crippen molar-refractivity contribution in [3.63, 3.8) is 0 Å². The van der Waals surface area contributed by atoms with Crippen molar-refractivity contribution in [1.29, 1.82) is 0 Å². The number of hydrogen-bond acceptors (Lipinski definition) is 5. The second kappa shape index (κ2) is 14.3. The van der Waals surface area contributed by atoms with Crippen LogP contribution in [0.25, 0.3) is 0 Å². The number of sulfonamides is 1. The minimum absolute atomic E-state index is 0.0338. The minimum Gasteiger partial charge on any atom is -0.494 e. The molecule has 0 bridgehead atoms. The Morgan fingerprint density at radius 2 is 1.61 bits per heavy atom. The normalized spacial score (nSPS) is 12.7. The number of anilines is 1. The molecule has 0 radical (unpaired) electrons. The van der Waals surface area contributed by atoms with Crippen LogP contribution in [0.2, 0.25) is 5.02 Å². The molecule has 3 rings (SSSR count). The predicted molar refractivity (Wildman–Crippen MR) is 158 cm³/mol. The van der Waals surface area contributed by atoms with Crippen molar-refractivity contribution in [2.45, 2.75) is 57.6 Å². The highest BCUT2D eigenvalue weighted by Gasteiger charge is 2.33. The van der Waals surface area contributed by atoms with Gasteiger partial charge in [-0.05, 0) is 87.4 Å². The Kier molecular flexibility index (Phi) is 11.1. The molecule has 41 heavy (non-hydrogen) atoms. The number of carbonyl (C=O) groups is 2. The van der Waals surface area contributed by atoms with Gasteiger partial charge in [0.05, 0.1) is 17.2 Å². The van der Waals surface area contributed by atoms with E-state index in [0.29, 0.717) is 29.4 Å². The molecule has 220 valence electrons. The maximum absolute atomic E-state index is 13.9. The highest BCUT2D eigenvalue weighted by Crippen LogP contribution is 2.27. The SMILES string of the molecule is CCOc1ccc(S(=O)(=O)N(CC(=O)N(Cc2ccccc2Cl)[C@@H](C)C(=O)N[C@H](C)CC)c2ccc(F)cc2)cc1. The van der Waals surface area contributed by atoms with E-state index in [1.165, 1.54) is 41.3 Å². The summed E-state index contributed by atoms with van der Waals surface area (Å²) in [5.41, 5.74) is 0.677. The second-order valence-corrected chi connectivity index (χ2v) is 11.8. The van der Waals surface area contributed by atoms with Gasteiger partial charge in [0.25, 0.3) is 10.0 Å². The lowest BCUT2D eigenvalue weighted by Crippen LogP contribution is -2.52. The van der Waals surface area contributed by atoms with Gasteiger partial charge in [0.15, 0.2) is 0 Å². The van der Waals surface area contributed by atoms with Crippen LogP contribution in [0, 0.1) is 5.82 Å². The van der Waals surface area contributed by atoms with Gasteiger partial charge < -0.3 is 15.0 Å². The van der Waals surface area contributed by atoms with Crippen molar-refractivity contribution >= 4 is 39.1 Å². The van der Waals surface area contributed by atoms with Crippen LogP contribution in [0.4, 0.5) is 10.1 Å². The molecular formula is C30H35ClFN3O5S. The van der Waals surface area contributed by atoms with Gasteiger partial charge in [-0.25, -0.2) is 12.8 Å². The first kappa shape index (κ1) is 31.9. The molecule has 0 spiro atoms. The van der Waals surface area contributed by atoms with Crippen molar-refractivity contribution in [2.75, 3.05) is 17.5 Å². The molecule has 0 aliphatic carbocycles. The van der Waals surface area contributed by atoms with E-state index in [2.05, 4.69) is 5.32 Å². The largest absolute Gasteiger partial charge is 0.494 e. The van der Waals surface area contributed by atoms with E-state index >= 15 is 0 Å². The Morgan fingerprint density at radius 3 is 2.20 bits per heavy atom. The minimum atomic E-state index is -4.30. The van der Waals surface area contributed by atoms with E-state index in [-0.39, 0.29) is 29.1 Å². The molecule has 0 saturated carbocycles. The molecule has 2 atom stereocenters. The smallest absolute Gasteiger partial charge is 0.264 e. The fraction of sp³-hybridized carbons (Fsp3) is 0.333. The quantitative estimate of drug-likeness (QED) is 0.282. The topological polar surface area (TPSA) is 96.0 Å². The van der Waals surface area contributed by atoms with E-state index in [0.717, 1.165) is 16.4 Å². The second-order valence-electron chi connectivity index (χ2n) is 9.50. The molecule has 0 aromatic heterocycles. The number of nitrogens with one attached hydrogen (secondary N) is 1. The molecule has 0 unspecified atom stereocenters. The van der Waals surface area contributed by atoms with Gasteiger partial charge in [0.2, 0.25) is 11.8 Å². The number of hydrogen-bond donors (Lipinski definition) is 1. The van der Waals surface area contributed by atoms with Crippen LogP contribution in [-0.2, 0) is 26.2 Å². The van der Waals surface area contributed by atoms with Gasteiger partial charge in [0, 0.05) is 17.6 Å². The standard InChI is InChI=1S/C30H35ClFN3O5S/c1-5-21(3)33-30(37)22(4)34(19-23-9-7-8-10-28(23)31)29(36)20-35(25-13-11-24(32)12-14-25)41(38,39)27-17-15-26(16-18-27)40-6-2/h7-18,21-22H,5-6,19-20H2,1-4H3,(H,33,37)/t21-,22+/m1/s1. The first-order valence-corrected chi connectivity index (χ1v) is 15.1. The lowest BCUT2D eigenvalue weighted by atomic mass is 10.1. The Balaban J connectivity index is 2.02. The van der Waals surface area contributed by atoms with Crippen LogP contribution >= 0.6 is 11.6 Å². The van der Waals surface area contributed by atoms with Gasteiger partial charge in [-0.1, -0.05) is 36.7 Å². The number of nitrogens with zero attached hydrogens (tertiary/aromatic N) is 2. The van der Waals surface area contributed by atoms with Crippen molar-refractivity contribution in [1.82, 2.24) is 10.2 Å². The summed E-state index contributed by atoms with van der Waals surface area (Å²) in [5, 5.41) is 3.28. The van der Waals surface area contributed by atoms with E-state index < -0.39 is 34.3 Å². The Hall–Kier alpha value is -3.63. The summed E-state index contributed by atoms with van der Waals surface area (Å²) in [7, 11) is -4.30. The van der Waals surface area contributed by atoms with Gasteiger partial charge in [0.1, 0.15) is 24.2 Å². The van der Waals surface area contributed by atoms with E-state index in [4.69, 9.17) is 16.3 Å². The predicted octanol–water partition coefficient (Wildman–Crippen LogP) is 5.41. The molecule has 1 N–H and O–H groups in total. The molecule has 0 heterocycles. The Bertz CT molecular complexity index is 1440. The summed E-state index contributed by atoms with van der Waals surface area (Å²) in [6.07, 6.45) is 0.690. The number of benzene rings is 3. The van der Waals surface area contributed by atoms with Crippen LogP contribution < -0.4 is 14.4 Å². The summed E-state index contributed by atoms with van der Waals surface area (Å²) in [4.78, 5) is 28.2.